The maximum Gasteiger partial charge on any atom is 0.517 e. The van der Waals surface area contributed by atoms with Gasteiger partial charge in [0.05, 0.1) is 10.7 Å². The molecule has 0 spiro atoms. The quantitative estimate of drug-likeness (QED) is 0.750. The molecule has 2 rings (SSSR count). The predicted octanol–water partition coefficient (Wildman–Crippen LogP) is 3.51. The van der Waals surface area contributed by atoms with E-state index in [4.69, 9.17) is 16.3 Å². The van der Waals surface area contributed by atoms with Gasteiger partial charge < -0.3 is 4.74 Å². The smallest absolute Gasteiger partial charge is 0.424 e. The van der Waals surface area contributed by atoms with Crippen LogP contribution < -0.4 is 9.04 Å². The lowest BCUT2D eigenvalue weighted by Gasteiger charge is -2.24. The van der Waals surface area contributed by atoms with E-state index in [9.17, 15) is 26.4 Å². The Morgan fingerprint density at radius 2 is 1.88 bits per heavy atom. The monoisotopic (exact) mass is 409 g/mol. The molecule has 0 bridgehead atoms. The minimum absolute atomic E-state index is 0.0401. The molecule has 0 unspecified atom stereocenters. The van der Waals surface area contributed by atoms with E-state index in [1.54, 1.807) is 6.07 Å². The third-order valence-electron chi connectivity index (χ3n) is 2.95. The van der Waals surface area contributed by atoms with Crippen molar-refractivity contribution in [3.8, 4) is 11.8 Å². The molecule has 0 radical (unpaired) electrons. The number of anilines is 1. The number of sulfonamides is 1. The molecule has 7 nitrogen and oxygen atoms in total. The summed E-state index contributed by atoms with van der Waals surface area (Å²) in [6.07, 6.45) is 2.31. The van der Waals surface area contributed by atoms with Gasteiger partial charge in [-0.05, 0) is 18.2 Å². The summed E-state index contributed by atoms with van der Waals surface area (Å²) in [4.78, 5) is 19.4. The Labute approximate surface area is 151 Å². The number of carbonyl (C=O) groups excluding carboxylic acids is 1. The first-order valence-electron chi connectivity index (χ1n) is 6.96. The van der Waals surface area contributed by atoms with Gasteiger partial charge in [-0.1, -0.05) is 18.5 Å². The first-order valence-corrected chi connectivity index (χ1v) is 8.78. The number of aromatic nitrogens is 2. The summed E-state index contributed by atoms with van der Waals surface area (Å²) in [6.45, 7) is 1.22. The van der Waals surface area contributed by atoms with E-state index in [0.29, 0.717) is 0 Å². The Balaban J connectivity index is 2.46. The van der Waals surface area contributed by atoms with Gasteiger partial charge in [-0.3, -0.25) is 4.79 Å². The number of hydrogen-bond acceptors (Lipinski definition) is 6. The largest absolute Gasteiger partial charge is 0.517 e. The van der Waals surface area contributed by atoms with Crippen LogP contribution in [0.3, 0.4) is 0 Å². The van der Waals surface area contributed by atoms with Gasteiger partial charge in [0, 0.05) is 24.9 Å². The molecule has 140 valence electrons. The lowest BCUT2D eigenvalue weighted by molar-refractivity contribution is -0.117. The highest BCUT2D eigenvalue weighted by Gasteiger charge is 2.52. The molecule has 0 aliphatic carbocycles. The fourth-order valence-electron chi connectivity index (χ4n) is 1.80. The molecule has 26 heavy (non-hydrogen) atoms. The van der Waals surface area contributed by atoms with Gasteiger partial charge in [-0.15, -0.1) is 0 Å². The number of alkyl halides is 3. The highest BCUT2D eigenvalue weighted by Crippen LogP contribution is 2.37. The number of halogens is 4. The van der Waals surface area contributed by atoms with Crippen molar-refractivity contribution in [3.63, 3.8) is 0 Å². The maximum absolute atomic E-state index is 12.9. The van der Waals surface area contributed by atoms with Crippen LogP contribution in [0.15, 0.2) is 36.7 Å². The second-order valence-electron chi connectivity index (χ2n) is 4.71. The van der Waals surface area contributed by atoms with E-state index >= 15 is 0 Å². The second kappa shape index (κ2) is 7.46. The normalized spacial score (nSPS) is 11.9. The number of rotatable bonds is 5. The van der Waals surface area contributed by atoms with E-state index in [2.05, 4.69) is 9.97 Å². The van der Waals surface area contributed by atoms with Crippen molar-refractivity contribution in [2.45, 2.75) is 18.9 Å². The molecule has 1 aromatic carbocycles. The van der Waals surface area contributed by atoms with Crippen LogP contribution in [0.4, 0.5) is 18.9 Å². The van der Waals surface area contributed by atoms with E-state index < -0.39 is 38.6 Å². The zero-order valence-corrected chi connectivity index (χ0v) is 14.6. The number of amides is 1. The number of nitrogens with zero attached hydrogens (tertiary/aromatic N) is 3. The summed E-state index contributed by atoms with van der Waals surface area (Å²) in [7, 11) is -5.96. The van der Waals surface area contributed by atoms with Crippen LogP contribution >= 0.6 is 11.6 Å². The van der Waals surface area contributed by atoms with Gasteiger partial charge in [0.25, 0.3) is 0 Å². The highest BCUT2D eigenvalue weighted by molar-refractivity contribution is 7.94. The van der Waals surface area contributed by atoms with Gasteiger partial charge in [0.1, 0.15) is 5.75 Å². The van der Waals surface area contributed by atoms with E-state index in [1.165, 1.54) is 19.3 Å². The third kappa shape index (κ3) is 4.05. The highest BCUT2D eigenvalue weighted by atomic mass is 35.5. The van der Waals surface area contributed by atoms with Gasteiger partial charge in [0.15, 0.2) is 0 Å². The van der Waals surface area contributed by atoms with Gasteiger partial charge >= 0.3 is 21.5 Å². The molecule has 0 aliphatic rings. The van der Waals surface area contributed by atoms with Crippen LogP contribution in [-0.2, 0) is 14.8 Å². The summed E-state index contributed by atoms with van der Waals surface area (Å²) in [5, 5.41) is -0.437. The lowest BCUT2D eigenvalue weighted by atomic mass is 10.3. The van der Waals surface area contributed by atoms with E-state index in [0.717, 1.165) is 18.2 Å². The van der Waals surface area contributed by atoms with Crippen molar-refractivity contribution in [2.75, 3.05) is 4.31 Å². The average molecular weight is 410 g/mol. The Hall–Kier alpha value is -2.40. The summed E-state index contributed by atoms with van der Waals surface area (Å²) in [6, 6.07) is 4.60. The van der Waals surface area contributed by atoms with Crippen LogP contribution in [0.5, 0.6) is 11.8 Å². The fourth-order valence-corrected chi connectivity index (χ4v) is 3.13. The molecule has 0 fully saturated rings. The summed E-state index contributed by atoms with van der Waals surface area (Å²) in [5.74, 6) is -1.25. The van der Waals surface area contributed by atoms with E-state index in [1.807, 2.05) is 0 Å². The van der Waals surface area contributed by atoms with Crippen molar-refractivity contribution in [2.24, 2.45) is 0 Å². The van der Waals surface area contributed by atoms with E-state index in [-0.39, 0.29) is 16.1 Å². The second-order valence-corrected chi connectivity index (χ2v) is 6.89. The van der Waals surface area contributed by atoms with Gasteiger partial charge in [-0.25, -0.2) is 9.97 Å². The Morgan fingerprint density at radius 1 is 1.27 bits per heavy atom. The molecule has 0 N–H and O–H groups in total. The van der Waals surface area contributed by atoms with Crippen molar-refractivity contribution in [3.05, 3.63) is 41.7 Å². The summed E-state index contributed by atoms with van der Waals surface area (Å²) < 4.78 is 67.1. The number of ether oxygens (including phenoxy) is 1. The van der Waals surface area contributed by atoms with Crippen LogP contribution in [0.2, 0.25) is 5.02 Å². The van der Waals surface area contributed by atoms with Crippen LogP contribution in [0.25, 0.3) is 0 Å². The Kier molecular flexibility index (Phi) is 5.71. The third-order valence-corrected chi connectivity index (χ3v) is 4.72. The minimum atomic E-state index is -5.96. The molecule has 0 aliphatic heterocycles. The molecule has 12 heteroatoms. The zero-order chi connectivity index (χ0) is 19.5. The van der Waals surface area contributed by atoms with Gasteiger partial charge in [0.2, 0.25) is 5.91 Å². The van der Waals surface area contributed by atoms with Crippen LogP contribution in [0.1, 0.15) is 13.3 Å². The van der Waals surface area contributed by atoms with Crippen molar-refractivity contribution >= 4 is 33.2 Å². The van der Waals surface area contributed by atoms with Crippen molar-refractivity contribution in [1.29, 1.82) is 0 Å². The standard InChI is InChI=1S/C14H11ClF3N3O4S/c1-2-12(22)21(26(23,24)14(16,17)18)11-5-4-9(8-10(11)15)25-13-19-6-3-7-20-13/h3-8H,2H2,1H3. The SMILES string of the molecule is CCC(=O)N(c1ccc(Oc2ncccn2)cc1Cl)S(=O)(=O)C(F)(F)F. The van der Waals surface area contributed by atoms with Crippen LogP contribution in [0, 0.1) is 0 Å². The zero-order valence-electron chi connectivity index (χ0n) is 13.1. The van der Waals surface area contributed by atoms with Crippen LogP contribution in [-0.4, -0.2) is 29.8 Å². The van der Waals surface area contributed by atoms with Crippen molar-refractivity contribution in [1.82, 2.24) is 9.97 Å². The molecule has 1 amide bonds. The minimum Gasteiger partial charge on any atom is -0.424 e. The molecule has 1 heterocycles. The summed E-state index contributed by atoms with van der Waals surface area (Å²) >= 11 is 5.90. The molecule has 0 atom stereocenters. The van der Waals surface area contributed by atoms with Crippen molar-refractivity contribution < 1.29 is 31.1 Å². The van der Waals surface area contributed by atoms with Gasteiger partial charge in [-0.2, -0.15) is 25.9 Å². The first kappa shape index (κ1) is 19.9. The topological polar surface area (TPSA) is 89.5 Å². The molecule has 1 aromatic heterocycles. The average Bonchev–Trinajstić information content (AvgIpc) is 2.56. The lowest BCUT2D eigenvalue weighted by Crippen LogP contribution is -2.44. The first-order chi connectivity index (χ1) is 12.1. The Morgan fingerprint density at radius 3 is 2.38 bits per heavy atom. The molecule has 2 aromatic rings. The molecule has 0 saturated carbocycles. The molecular formula is C14H11ClF3N3O4S. The maximum atomic E-state index is 12.9. The Bertz CT molecular complexity index is 907. The fraction of sp³-hybridized carbons (Fsp3) is 0.214. The number of carbonyl (C=O) groups is 1. The number of hydrogen-bond donors (Lipinski definition) is 0. The predicted molar refractivity (Wildman–Crippen MR) is 86.3 cm³/mol. The number of benzene rings is 1. The molecule has 0 saturated heterocycles. The summed E-state index contributed by atoms with van der Waals surface area (Å²) in [5.41, 5.74) is -6.31. The molecular weight excluding hydrogens is 399 g/mol.